The van der Waals surface area contributed by atoms with Gasteiger partial charge in [-0.05, 0) is 18.6 Å². The van der Waals surface area contributed by atoms with Gasteiger partial charge >= 0.3 is 0 Å². The molecule has 0 bridgehead atoms. The van der Waals surface area contributed by atoms with Crippen molar-refractivity contribution in [1.29, 1.82) is 0 Å². The highest BCUT2D eigenvalue weighted by atomic mass is 16.3. The molecule has 1 aromatic carbocycles. The lowest BCUT2D eigenvalue weighted by Crippen LogP contribution is -2.46. The zero-order valence-corrected chi connectivity index (χ0v) is 10.5. The number of unbranched alkanes of at least 4 members (excludes halogenated alkanes) is 1. The number of aromatic hydroxyl groups is 1. The average Bonchev–Trinajstić information content (AvgIpc) is 2.37. The molecule has 1 heterocycles. The molecule has 93 valence electrons. The molecule has 1 aliphatic heterocycles. The average molecular weight is 233 g/mol. The lowest BCUT2D eigenvalue weighted by atomic mass is 10.2. The highest BCUT2D eigenvalue weighted by Gasteiger charge is 2.16. The molecule has 1 aromatic rings. The van der Waals surface area contributed by atoms with Gasteiger partial charge in [-0.15, -0.1) is 0 Å². The third kappa shape index (κ3) is 3.37. The van der Waals surface area contributed by atoms with Crippen molar-refractivity contribution in [2.24, 2.45) is 0 Å². The Morgan fingerprint density at radius 1 is 1.24 bits per heavy atom. The summed E-state index contributed by atoms with van der Waals surface area (Å²) in [6, 6.07) is 7.53. The van der Waals surface area contributed by atoms with Crippen LogP contribution in [0.4, 0.5) is 5.69 Å². The monoisotopic (exact) mass is 233 g/mol. The van der Waals surface area contributed by atoms with Gasteiger partial charge in [0.1, 0.15) is 5.75 Å². The van der Waals surface area contributed by atoms with Crippen molar-refractivity contribution in [3.63, 3.8) is 0 Å². The topological polar surface area (TPSA) is 26.7 Å². The molecule has 1 saturated heterocycles. The van der Waals surface area contributed by atoms with Crippen LogP contribution < -0.4 is 4.90 Å². The van der Waals surface area contributed by atoms with Crippen molar-refractivity contribution < 1.29 is 5.11 Å². The van der Waals surface area contributed by atoms with Gasteiger partial charge in [0.25, 0.3) is 0 Å². The van der Waals surface area contributed by atoms with E-state index in [1.165, 1.54) is 0 Å². The Labute approximate surface area is 104 Å². The first-order valence-corrected chi connectivity index (χ1v) is 6.37. The predicted molar refractivity (Wildman–Crippen MR) is 71.4 cm³/mol. The van der Waals surface area contributed by atoms with Gasteiger partial charge in [-0.25, -0.2) is 0 Å². The number of phenolic OH excluding ortho intramolecular Hbond substituents is 1. The van der Waals surface area contributed by atoms with Crippen molar-refractivity contribution in [3.05, 3.63) is 30.7 Å². The number of hydrogen-bond acceptors (Lipinski definition) is 3. The molecule has 0 saturated carbocycles. The largest absolute Gasteiger partial charge is 0.508 e. The summed E-state index contributed by atoms with van der Waals surface area (Å²) in [4.78, 5) is 4.81. The number of nitrogens with zero attached hydrogens (tertiary/aromatic N) is 2. The van der Waals surface area contributed by atoms with Crippen LogP contribution in [-0.2, 0) is 0 Å². The molecule has 0 spiro atoms. The fraction of sp³-hybridized carbons (Fsp3) is 0.500. The number of hydrogen-bond donors (Lipinski definition) is 1. The second-order valence-electron chi connectivity index (χ2n) is 4.50. The summed E-state index contributed by atoms with van der Waals surface area (Å²) in [6.45, 7) is 7.58. The zero-order chi connectivity index (χ0) is 12.1. The van der Waals surface area contributed by atoms with E-state index in [-0.39, 0.29) is 0 Å². The van der Waals surface area contributed by atoms with E-state index >= 15 is 0 Å². The molecule has 0 unspecified atom stereocenters. The zero-order valence-electron chi connectivity index (χ0n) is 10.5. The van der Waals surface area contributed by atoms with Crippen molar-refractivity contribution in [3.8, 4) is 5.75 Å². The van der Waals surface area contributed by atoms with Crippen LogP contribution in [0, 0.1) is 6.42 Å². The normalized spacial score (nSPS) is 17.4. The van der Waals surface area contributed by atoms with Gasteiger partial charge < -0.3 is 10.0 Å². The minimum Gasteiger partial charge on any atom is -0.508 e. The van der Waals surface area contributed by atoms with E-state index < -0.39 is 0 Å². The molecule has 17 heavy (non-hydrogen) atoms. The van der Waals surface area contributed by atoms with Crippen molar-refractivity contribution in [1.82, 2.24) is 4.90 Å². The Balaban J connectivity index is 1.86. The molecule has 1 radical (unpaired) electrons. The summed E-state index contributed by atoms with van der Waals surface area (Å²) in [7, 11) is 0. The first-order chi connectivity index (χ1) is 8.29. The first-order valence-electron chi connectivity index (χ1n) is 6.37. The van der Waals surface area contributed by atoms with Crippen LogP contribution in [0.15, 0.2) is 24.3 Å². The molecule has 0 amide bonds. The van der Waals surface area contributed by atoms with Gasteiger partial charge in [0.15, 0.2) is 0 Å². The Bertz CT molecular complexity index is 346. The van der Waals surface area contributed by atoms with Crippen LogP contribution in [-0.4, -0.2) is 42.7 Å². The van der Waals surface area contributed by atoms with Crippen LogP contribution in [0.2, 0.25) is 0 Å². The minimum absolute atomic E-state index is 0.351. The van der Waals surface area contributed by atoms with E-state index in [1.54, 1.807) is 6.07 Å². The maximum atomic E-state index is 9.47. The number of anilines is 1. The van der Waals surface area contributed by atoms with Crippen LogP contribution >= 0.6 is 0 Å². The fourth-order valence-corrected chi connectivity index (χ4v) is 2.19. The van der Waals surface area contributed by atoms with Crippen LogP contribution in [0.25, 0.3) is 0 Å². The van der Waals surface area contributed by atoms with E-state index in [1.807, 2.05) is 12.1 Å². The highest BCUT2D eigenvalue weighted by molar-refractivity contribution is 5.50. The van der Waals surface area contributed by atoms with Crippen LogP contribution in [0.5, 0.6) is 5.75 Å². The summed E-state index contributed by atoms with van der Waals surface area (Å²) < 4.78 is 0. The summed E-state index contributed by atoms with van der Waals surface area (Å²) in [5.41, 5.74) is 1.13. The SMILES string of the molecule is CC[CH]CN1CCN(c2cccc(O)c2)CC1. The summed E-state index contributed by atoms with van der Waals surface area (Å²) in [5, 5.41) is 9.47. The Morgan fingerprint density at radius 3 is 2.65 bits per heavy atom. The molecule has 3 heteroatoms. The van der Waals surface area contributed by atoms with E-state index in [9.17, 15) is 5.11 Å². The van der Waals surface area contributed by atoms with Crippen LogP contribution in [0.1, 0.15) is 13.3 Å². The minimum atomic E-state index is 0.351. The summed E-state index contributed by atoms with van der Waals surface area (Å²) >= 11 is 0. The molecule has 1 fully saturated rings. The van der Waals surface area contributed by atoms with Gasteiger partial charge in [0.05, 0.1) is 0 Å². The third-order valence-corrected chi connectivity index (χ3v) is 3.24. The standard InChI is InChI=1S/C14H21N2O/c1-2-3-7-15-8-10-16(11-9-15)13-5-4-6-14(17)12-13/h3-6,12,17H,2,7-11H2,1H3. The van der Waals surface area contributed by atoms with Gasteiger partial charge in [-0.2, -0.15) is 0 Å². The van der Waals surface area contributed by atoms with Gasteiger partial charge in [-0.3, -0.25) is 4.90 Å². The number of phenols is 1. The summed E-state index contributed by atoms with van der Waals surface area (Å²) in [5.74, 6) is 0.351. The molecule has 0 aromatic heterocycles. The van der Waals surface area contributed by atoms with E-state index in [4.69, 9.17) is 0 Å². The van der Waals surface area contributed by atoms with Gasteiger partial charge in [-0.1, -0.05) is 19.4 Å². The maximum Gasteiger partial charge on any atom is 0.117 e. The van der Waals surface area contributed by atoms with Crippen molar-refractivity contribution in [2.45, 2.75) is 13.3 Å². The quantitative estimate of drug-likeness (QED) is 0.863. The molecule has 0 atom stereocenters. The van der Waals surface area contributed by atoms with Crippen molar-refractivity contribution in [2.75, 3.05) is 37.6 Å². The second-order valence-corrected chi connectivity index (χ2v) is 4.50. The fourth-order valence-electron chi connectivity index (χ4n) is 2.19. The number of rotatable bonds is 4. The number of benzene rings is 1. The first kappa shape index (κ1) is 12.2. The Hall–Kier alpha value is -1.22. The molecule has 0 aliphatic carbocycles. The summed E-state index contributed by atoms with van der Waals surface area (Å²) in [6.07, 6.45) is 3.47. The van der Waals surface area contributed by atoms with Crippen LogP contribution in [0.3, 0.4) is 0 Å². The molecule has 1 N–H and O–H groups in total. The lowest BCUT2D eigenvalue weighted by Gasteiger charge is -2.36. The highest BCUT2D eigenvalue weighted by Crippen LogP contribution is 2.21. The van der Waals surface area contributed by atoms with E-state index in [0.717, 1.165) is 44.8 Å². The molecular formula is C14H21N2O. The van der Waals surface area contributed by atoms with E-state index in [0.29, 0.717) is 5.75 Å². The molecular weight excluding hydrogens is 212 g/mol. The van der Waals surface area contributed by atoms with E-state index in [2.05, 4.69) is 29.2 Å². The molecule has 3 nitrogen and oxygen atoms in total. The van der Waals surface area contributed by atoms with Crippen molar-refractivity contribution >= 4 is 5.69 Å². The number of piperazine rings is 1. The maximum absolute atomic E-state index is 9.47. The second kappa shape index (κ2) is 5.92. The third-order valence-electron chi connectivity index (χ3n) is 3.24. The lowest BCUT2D eigenvalue weighted by molar-refractivity contribution is 0.274. The smallest absolute Gasteiger partial charge is 0.117 e. The van der Waals surface area contributed by atoms with Gasteiger partial charge in [0, 0.05) is 44.5 Å². The van der Waals surface area contributed by atoms with Gasteiger partial charge in [0.2, 0.25) is 0 Å². The Morgan fingerprint density at radius 2 is 2.00 bits per heavy atom. The Kier molecular flexibility index (Phi) is 4.26. The predicted octanol–water partition coefficient (Wildman–Crippen LogP) is 2.13. The molecule has 2 rings (SSSR count). The molecule has 1 aliphatic rings.